The molecule has 5 heteroatoms. The first-order valence-corrected chi connectivity index (χ1v) is 7.37. The van der Waals surface area contributed by atoms with Crippen molar-refractivity contribution in [2.24, 2.45) is 0 Å². The van der Waals surface area contributed by atoms with E-state index >= 15 is 0 Å². The van der Waals surface area contributed by atoms with Crippen LogP contribution in [0.25, 0.3) is 11.3 Å². The van der Waals surface area contributed by atoms with Gasteiger partial charge in [-0.05, 0) is 39.3 Å². The summed E-state index contributed by atoms with van der Waals surface area (Å²) in [5.41, 5.74) is 3.52. The Morgan fingerprint density at radius 3 is 2.74 bits per heavy atom. The summed E-state index contributed by atoms with van der Waals surface area (Å²) < 4.78 is 1.79. The maximum absolute atomic E-state index is 12.5. The highest BCUT2D eigenvalue weighted by Gasteiger charge is 2.14. The van der Waals surface area contributed by atoms with Gasteiger partial charge in [0.25, 0.3) is 5.56 Å². The summed E-state index contributed by atoms with van der Waals surface area (Å²) in [6, 6.07) is 2.05. The molecule has 2 heterocycles. The zero-order valence-corrected chi connectivity index (χ0v) is 12.6. The van der Waals surface area contributed by atoms with Gasteiger partial charge < -0.3 is 9.88 Å². The quantitative estimate of drug-likeness (QED) is 0.934. The molecule has 0 saturated heterocycles. The molecule has 0 aliphatic heterocycles. The van der Waals surface area contributed by atoms with E-state index in [1.165, 1.54) is 11.3 Å². The van der Waals surface area contributed by atoms with E-state index in [9.17, 15) is 4.79 Å². The zero-order chi connectivity index (χ0) is 14.0. The van der Waals surface area contributed by atoms with Crippen molar-refractivity contribution >= 4 is 16.5 Å². The van der Waals surface area contributed by atoms with Gasteiger partial charge in [-0.1, -0.05) is 0 Å². The molecule has 102 valence electrons. The van der Waals surface area contributed by atoms with E-state index in [2.05, 4.69) is 10.3 Å². The van der Waals surface area contributed by atoms with Crippen molar-refractivity contribution in [1.29, 1.82) is 0 Å². The van der Waals surface area contributed by atoms with Crippen molar-refractivity contribution in [2.75, 3.05) is 11.9 Å². The number of pyridine rings is 1. The van der Waals surface area contributed by atoms with E-state index in [0.29, 0.717) is 12.1 Å². The van der Waals surface area contributed by atoms with E-state index in [-0.39, 0.29) is 5.56 Å². The fourth-order valence-corrected chi connectivity index (χ4v) is 3.03. The Kier molecular flexibility index (Phi) is 4.04. The second-order valence-electron chi connectivity index (χ2n) is 4.46. The minimum Gasteiger partial charge on any atom is -0.362 e. The van der Waals surface area contributed by atoms with Crippen LogP contribution in [0.2, 0.25) is 0 Å². The fourth-order valence-electron chi connectivity index (χ4n) is 2.25. The second kappa shape index (κ2) is 5.57. The van der Waals surface area contributed by atoms with Gasteiger partial charge in [0, 0.05) is 24.2 Å². The molecular weight excluding hydrogens is 258 g/mol. The smallest absolute Gasteiger partial charge is 0.260 e. The lowest BCUT2D eigenvalue weighted by molar-refractivity contribution is 0.700. The lowest BCUT2D eigenvalue weighted by atomic mass is 10.1. The van der Waals surface area contributed by atoms with E-state index in [1.807, 2.05) is 39.1 Å². The van der Waals surface area contributed by atoms with Crippen LogP contribution in [-0.2, 0) is 6.54 Å². The first kappa shape index (κ1) is 13.8. The van der Waals surface area contributed by atoms with Crippen LogP contribution in [0.15, 0.2) is 16.2 Å². The highest BCUT2D eigenvalue weighted by atomic mass is 32.1. The minimum atomic E-state index is 0.0494. The molecular formula is C14H19N3OS. The molecule has 0 aliphatic carbocycles. The Balaban J connectivity index is 2.58. The molecule has 2 aromatic rings. The Morgan fingerprint density at radius 1 is 1.37 bits per heavy atom. The molecule has 0 atom stereocenters. The molecule has 0 radical (unpaired) electrons. The number of nitrogens with zero attached hydrogens (tertiary/aromatic N) is 2. The predicted molar refractivity (Wildman–Crippen MR) is 81.1 cm³/mol. The number of nitrogens with one attached hydrogen (secondary N) is 1. The van der Waals surface area contributed by atoms with E-state index in [1.54, 1.807) is 4.57 Å². The van der Waals surface area contributed by atoms with Gasteiger partial charge in [-0.2, -0.15) is 0 Å². The van der Waals surface area contributed by atoms with Gasteiger partial charge >= 0.3 is 0 Å². The monoisotopic (exact) mass is 277 g/mol. The standard InChI is InChI=1S/C14H19N3OS/c1-5-15-14-16-11(8-19-14)12-9(3)7-10(4)17(6-2)13(12)18/h7-8H,5-6H2,1-4H3,(H,15,16). The summed E-state index contributed by atoms with van der Waals surface area (Å²) in [6.45, 7) is 9.46. The molecule has 1 N–H and O–H groups in total. The number of aromatic nitrogens is 2. The summed E-state index contributed by atoms with van der Waals surface area (Å²) >= 11 is 1.53. The zero-order valence-electron chi connectivity index (χ0n) is 11.8. The van der Waals surface area contributed by atoms with Gasteiger partial charge in [-0.25, -0.2) is 4.98 Å². The summed E-state index contributed by atoms with van der Waals surface area (Å²) in [5.74, 6) is 0. The highest BCUT2D eigenvalue weighted by molar-refractivity contribution is 7.14. The third-order valence-corrected chi connectivity index (χ3v) is 3.91. The predicted octanol–water partition coefficient (Wildman–Crippen LogP) is 3.04. The van der Waals surface area contributed by atoms with Crippen molar-refractivity contribution in [2.45, 2.75) is 34.2 Å². The molecule has 0 amide bonds. The summed E-state index contributed by atoms with van der Waals surface area (Å²) in [6.07, 6.45) is 0. The maximum Gasteiger partial charge on any atom is 0.260 e. The van der Waals surface area contributed by atoms with Crippen LogP contribution < -0.4 is 10.9 Å². The van der Waals surface area contributed by atoms with Crippen molar-refractivity contribution in [1.82, 2.24) is 9.55 Å². The molecule has 0 bridgehead atoms. The van der Waals surface area contributed by atoms with E-state index < -0.39 is 0 Å². The lowest BCUT2D eigenvalue weighted by Crippen LogP contribution is -2.24. The Labute approximate surface area is 117 Å². The molecule has 2 aromatic heterocycles. The fraction of sp³-hybridized carbons (Fsp3) is 0.429. The van der Waals surface area contributed by atoms with Crippen molar-refractivity contribution in [3.05, 3.63) is 33.1 Å². The van der Waals surface area contributed by atoms with Gasteiger partial charge in [-0.3, -0.25) is 4.79 Å². The topological polar surface area (TPSA) is 46.9 Å². The van der Waals surface area contributed by atoms with Gasteiger partial charge in [0.1, 0.15) is 0 Å². The first-order valence-electron chi connectivity index (χ1n) is 6.49. The van der Waals surface area contributed by atoms with Crippen LogP contribution in [0.4, 0.5) is 5.13 Å². The average molecular weight is 277 g/mol. The van der Waals surface area contributed by atoms with Crippen LogP contribution in [0.3, 0.4) is 0 Å². The summed E-state index contributed by atoms with van der Waals surface area (Å²) in [4.78, 5) is 17.0. The van der Waals surface area contributed by atoms with Gasteiger partial charge in [0.2, 0.25) is 0 Å². The number of rotatable bonds is 4. The van der Waals surface area contributed by atoms with Gasteiger partial charge in [0.15, 0.2) is 5.13 Å². The van der Waals surface area contributed by atoms with Crippen LogP contribution in [-0.4, -0.2) is 16.1 Å². The molecule has 0 aliphatic rings. The Hall–Kier alpha value is -1.62. The van der Waals surface area contributed by atoms with E-state index in [4.69, 9.17) is 0 Å². The molecule has 4 nitrogen and oxygen atoms in total. The SMILES string of the molecule is CCNc1nc(-c2c(C)cc(C)n(CC)c2=O)cs1. The second-order valence-corrected chi connectivity index (χ2v) is 5.32. The van der Waals surface area contributed by atoms with Crippen molar-refractivity contribution in [3.8, 4) is 11.3 Å². The molecule has 0 spiro atoms. The third kappa shape index (κ3) is 2.56. The van der Waals surface area contributed by atoms with Crippen molar-refractivity contribution < 1.29 is 0 Å². The largest absolute Gasteiger partial charge is 0.362 e. The average Bonchev–Trinajstić information content (AvgIpc) is 2.78. The van der Waals surface area contributed by atoms with Gasteiger partial charge in [-0.15, -0.1) is 11.3 Å². The van der Waals surface area contributed by atoms with Crippen LogP contribution >= 0.6 is 11.3 Å². The van der Waals surface area contributed by atoms with Crippen LogP contribution in [0, 0.1) is 13.8 Å². The molecule has 0 saturated carbocycles. The van der Waals surface area contributed by atoms with Crippen molar-refractivity contribution in [3.63, 3.8) is 0 Å². The molecule has 0 aromatic carbocycles. The Morgan fingerprint density at radius 2 is 2.11 bits per heavy atom. The lowest BCUT2D eigenvalue weighted by Gasteiger charge is -2.11. The first-order chi connectivity index (χ1) is 9.08. The molecule has 19 heavy (non-hydrogen) atoms. The van der Waals surface area contributed by atoms with E-state index in [0.717, 1.165) is 28.6 Å². The number of anilines is 1. The maximum atomic E-state index is 12.5. The normalized spacial score (nSPS) is 10.7. The number of hydrogen-bond acceptors (Lipinski definition) is 4. The summed E-state index contributed by atoms with van der Waals surface area (Å²) in [5, 5.41) is 5.98. The number of hydrogen-bond donors (Lipinski definition) is 1. The summed E-state index contributed by atoms with van der Waals surface area (Å²) in [7, 11) is 0. The van der Waals surface area contributed by atoms with Crippen LogP contribution in [0.1, 0.15) is 25.1 Å². The number of aryl methyl sites for hydroxylation is 2. The Bertz CT molecular complexity index is 643. The number of thiazole rings is 1. The third-order valence-electron chi connectivity index (χ3n) is 3.11. The van der Waals surface area contributed by atoms with Crippen LogP contribution in [0.5, 0.6) is 0 Å². The molecule has 0 fully saturated rings. The van der Waals surface area contributed by atoms with Gasteiger partial charge in [0.05, 0.1) is 11.3 Å². The highest BCUT2D eigenvalue weighted by Crippen LogP contribution is 2.25. The minimum absolute atomic E-state index is 0.0494. The molecule has 2 rings (SSSR count). The molecule has 0 unspecified atom stereocenters.